The van der Waals surface area contributed by atoms with Crippen molar-refractivity contribution in [1.29, 1.82) is 0 Å². The fourth-order valence-corrected chi connectivity index (χ4v) is 1.60. The lowest BCUT2D eigenvalue weighted by Gasteiger charge is -2.11. The van der Waals surface area contributed by atoms with Crippen molar-refractivity contribution in [1.82, 2.24) is 19.7 Å². The lowest BCUT2D eigenvalue weighted by Crippen LogP contribution is -2.09. The van der Waals surface area contributed by atoms with Crippen LogP contribution in [0.2, 0.25) is 0 Å². The van der Waals surface area contributed by atoms with Crippen LogP contribution >= 0.6 is 0 Å². The Bertz CT molecular complexity index is 548. The molecule has 0 spiro atoms. The SMILES string of the molecule is CC(C)n1nccc1-c1ncncc1C(=O)O. The van der Waals surface area contributed by atoms with E-state index in [1.54, 1.807) is 16.9 Å². The first-order valence-electron chi connectivity index (χ1n) is 5.18. The van der Waals surface area contributed by atoms with E-state index in [9.17, 15) is 4.79 Å². The largest absolute Gasteiger partial charge is 0.478 e. The topological polar surface area (TPSA) is 80.9 Å². The molecule has 0 unspecified atom stereocenters. The zero-order valence-electron chi connectivity index (χ0n) is 9.53. The Kier molecular flexibility index (Phi) is 2.86. The van der Waals surface area contributed by atoms with Gasteiger partial charge in [-0.2, -0.15) is 5.10 Å². The maximum absolute atomic E-state index is 11.1. The summed E-state index contributed by atoms with van der Waals surface area (Å²) in [5, 5.41) is 13.2. The molecule has 0 aromatic carbocycles. The van der Waals surface area contributed by atoms with Crippen molar-refractivity contribution in [2.45, 2.75) is 19.9 Å². The molecule has 0 saturated heterocycles. The van der Waals surface area contributed by atoms with Crippen molar-refractivity contribution in [3.8, 4) is 11.4 Å². The third-order valence-electron chi connectivity index (χ3n) is 2.34. The van der Waals surface area contributed by atoms with E-state index in [-0.39, 0.29) is 11.6 Å². The van der Waals surface area contributed by atoms with Gasteiger partial charge in [-0.25, -0.2) is 14.8 Å². The number of hydrogen-bond donors (Lipinski definition) is 1. The lowest BCUT2D eigenvalue weighted by molar-refractivity contribution is 0.0697. The average molecular weight is 232 g/mol. The van der Waals surface area contributed by atoms with E-state index >= 15 is 0 Å². The van der Waals surface area contributed by atoms with Crippen LogP contribution in [-0.2, 0) is 0 Å². The van der Waals surface area contributed by atoms with Crippen molar-refractivity contribution in [3.05, 3.63) is 30.4 Å². The Morgan fingerprint density at radius 3 is 2.88 bits per heavy atom. The highest BCUT2D eigenvalue weighted by Crippen LogP contribution is 2.22. The standard InChI is InChI=1S/C11H12N4O2/c1-7(2)15-9(3-4-14-15)10-8(11(16)17)5-12-6-13-10/h3-7H,1-2H3,(H,16,17). The Balaban J connectivity index is 2.60. The lowest BCUT2D eigenvalue weighted by atomic mass is 10.1. The minimum atomic E-state index is -1.04. The maximum atomic E-state index is 11.1. The van der Waals surface area contributed by atoms with Gasteiger partial charge in [0.1, 0.15) is 17.6 Å². The fourth-order valence-electron chi connectivity index (χ4n) is 1.60. The van der Waals surface area contributed by atoms with Crippen molar-refractivity contribution in [2.75, 3.05) is 0 Å². The van der Waals surface area contributed by atoms with Crippen molar-refractivity contribution in [2.24, 2.45) is 0 Å². The molecule has 6 heteroatoms. The van der Waals surface area contributed by atoms with Crippen molar-refractivity contribution in [3.63, 3.8) is 0 Å². The summed E-state index contributed by atoms with van der Waals surface area (Å²) in [7, 11) is 0. The van der Waals surface area contributed by atoms with Gasteiger partial charge in [0.05, 0.1) is 5.69 Å². The van der Waals surface area contributed by atoms with Crippen LogP contribution in [0, 0.1) is 0 Å². The van der Waals surface area contributed by atoms with Crippen LogP contribution in [0.3, 0.4) is 0 Å². The first kappa shape index (κ1) is 11.3. The molecule has 0 aliphatic carbocycles. The highest BCUT2D eigenvalue weighted by Gasteiger charge is 2.17. The highest BCUT2D eigenvalue weighted by atomic mass is 16.4. The van der Waals surface area contributed by atoms with E-state index in [0.717, 1.165) is 0 Å². The van der Waals surface area contributed by atoms with Gasteiger partial charge in [-0.3, -0.25) is 4.68 Å². The monoisotopic (exact) mass is 232 g/mol. The van der Waals surface area contributed by atoms with Crippen LogP contribution in [0.15, 0.2) is 24.8 Å². The van der Waals surface area contributed by atoms with Crippen molar-refractivity contribution < 1.29 is 9.90 Å². The van der Waals surface area contributed by atoms with Gasteiger partial charge in [0.25, 0.3) is 0 Å². The van der Waals surface area contributed by atoms with E-state index < -0.39 is 5.97 Å². The van der Waals surface area contributed by atoms with Crippen LogP contribution in [0.1, 0.15) is 30.2 Å². The molecule has 0 fully saturated rings. The maximum Gasteiger partial charge on any atom is 0.339 e. The third kappa shape index (κ3) is 2.01. The van der Waals surface area contributed by atoms with Gasteiger partial charge in [0.15, 0.2) is 0 Å². The molecule has 2 aromatic heterocycles. The second-order valence-electron chi connectivity index (χ2n) is 3.84. The molecule has 1 N–H and O–H groups in total. The Labute approximate surface area is 98.0 Å². The molecular weight excluding hydrogens is 220 g/mol. The van der Waals surface area contributed by atoms with Crippen LogP contribution in [0.5, 0.6) is 0 Å². The van der Waals surface area contributed by atoms with Gasteiger partial charge >= 0.3 is 5.97 Å². The Hall–Kier alpha value is -2.24. The molecule has 0 bridgehead atoms. The number of carboxylic acid groups (broad SMARTS) is 1. The smallest absolute Gasteiger partial charge is 0.339 e. The van der Waals surface area contributed by atoms with E-state index in [1.807, 2.05) is 13.8 Å². The molecule has 2 aromatic rings. The number of nitrogens with zero attached hydrogens (tertiary/aromatic N) is 4. The van der Waals surface area contributed by atoms with Crippen LogP contribution < -0.4 is 0 Å². The van der Waals surface area contributed by atoms with Gasteiger partial charge in [-0.15, -0.1) is 0 Å². The summed E-state index contributed by atoms with van der Waals surface area (Å²) in [6.45, 7) is 3.94. The van der Waals surface area contributed by atoms with Gasteiger partial charge in [0, 0.05) is 18.4 Å². The third-order valence-corrected chi connectivity index (χ3v) is 2.34. The van der Waals surface area contributed by atoms with Gasteiger partial charge in [-0.05, 0) is 19.9 Å². The number of rotatable bonds is 3. The summed E-state index contributed by atoms with van der Waals surface area (Å²) in [6.07, 6.45) is 4.25. The summed E-state index contributed by atoms with van der Waals surface area (Å²) in [5.41, 5.74) is 1.15. The molecule has 2 heterocycles. The van der Waals surface area contributed by atoms with Gasteiger partial charge in [-0.1, -0.05) is 0 Å². The van der Waals surface area contributed by atoms with Crippen LogP contribution in [-0.4, -0.2) is 30.8 Å². The zero-order chi connectivity index (χ0) is 12.4. The molecule has 2 rings (SSSR count). The summed E-state index contributed by atoms with van der Waals surface area (Å²) >= 11 is 0. The quantitative estimate of drug-likeness (QED) is 0.869. The summed E-state index contributed by atoms with van der Waals surface area (Å²) < 4.78 is 1.73. The summed E-state index contributed by atoms with van der Waals surface area (Å²) in [4.78, 5) is 18.9. The molecule has 0 radical (unpaired) electrons. The van der Waals surface area contributed by atoms with E-state index in [2.05, 4.69) is 15.1 Å². The molecule has 88 valence electrons. The second-order valence-corrected chi connectivity index (χ2v) is 3.84. The number of carboxylic acids is 1. The van der Waals surface area contributed by atoms with E-state index in [1.165, 1.54) is 12.5 Å². The first-order valence-corrected chi connectivity index (χ1v) is 5.18. The van der Waals surface area contributed by atoms with Gasteiger partial charge < -0.3 is 5.11 Å². The second kappa shape index (κ2) is 4.32. The molecule has 6 nitrogen and oxygen atoms in total. The molecule has 0 atom stereocenters. The van der Waals surface area contributed by atoms with Crippen LogP contribution in [0.4, 0.5) is 0 Å². The summed E-state index contributed by atoms with van der Waals surface area (Å²) in [6, 6.07) is 1.88. The molecular formula is C11H12N4O2. The van der Waals surface area contributed by atoms with Crippen LogP contribution in [0.25, 0.3) is 11.4 Å². The molecule has 17 heavy (non-hydrogen) atoms. The predicted octanol–water partition coefficient (Wildman–Crippen LogP) is 1.62. The predicted molar refractivity (Wildman–Crippen MR) is 60.6 cm³/mol. The fraction of sp³-hybridized carbons (Fsp3) is 0.273. The molecule has 0 amide bonds. The summed E-state index contributed by atoms with van der Waals surface area (Å²) in [5.74, 6) is -1.04. The Morgan fingerprint density at radius 1 is 1.47 bits per heavy atom. The number of hydrogen-bond acceptors (Lipinski definition) is 4. The average Bonchev–Trinajstić information content (AvgIpc) is 2.77. The first-order chi connectivity index (χ1) is 8.11. The molecule has 0 aliphatic rings. The number of aromatic nitrogens is 4. The van der Waals surface area contributed by atoms with Gasteiger partial charge in [0.2, 0.25) is 0 Å². The molecule has 0 saturated carbocycles. The van der Waals surface area contributed by atoms with Crippen molar-refractivity contribution >= 4 is 5.97 Å². The highest BCUT2D eigenvalue weighted by molar-refractivity contribution is 5.93. The minimum Gasteiger partial charge on any atom is -0.478 e. The zero-order valence-corrected chi connectivity index (χ0v) is 9.53. The minimum absolute atomic E-state index is 0.0786. The Morgan fingerprint density at radius 2 is 2.24 bits per heavy atom. The normalized spacial score (nSPS) is 10.8. The van der Waals surface area contributed by atoms with E-state index in [0.29, 0.717) is 11.4 Å². The number of aromatic carboxylic acids is 1. The number of carbonyl (C=O) groups is 1. The van der Waals surface area contributed by atoms with E-state index in [4.69, 9.17) is 5.11 Å². The molecule has 0 aliphatic heterocycles.